The smallest absolute Gasteiger partial charge is 0.121 e. The van der Waals surface area contributed by atoms with Gasteiger partial charge in [0, 0.05) is 6.61 Å². The zero-order valence-electron chi connectivity index (χ0n) is 8.01. The molecule has 1 rings (SSSR count). The molecule has 0 bridgehead atoms. The fourth-order valence-electron chi connectivity index (χ4n) is 1.21. The molecular weight excluding hydrogens is 152 g/mol. The summed E-state index contributed by atoms with van der Waals surface area (Å²) in [4.78, 5) is 0. The Balaban J connectivity index is 2.25. The lowest BCUT2D eigenvalue weighted by molar-refractivity contribution is 0.0397. The molecular formula is C10H18O2. The molecule has 0 aromatic carbocycles. The number of rotatable bonds is 2. The van der Waals surface area contributed by atoms with E-state index in [1.54, 1.807) is 0 Å². The Morgan fingerprint density at radius 1 is 1.42 bits per heavy atom. The number of hydrogen-bond donors (Lipinski definition) is 0. The average Bonchev–Trinajstić information content (AvgIpc) is 2.28. The molecule has 0 saturated carbocycles. The lowest BCUT2D eigenvalue weighted by atomic mass is 10.2. The molecule has 1 aliphatic rings. The van der Waals surface area contributed by atoms with Crippen molar-refractivity contribution in [3.63, 3.8) is 0 Å². The predicted molar refractivity (Wildman–Crippen MR) is 49.0 cm³/mol. The summed E-state index contributed by atoms with van der Waals surface area (Å²) in [6.45, 7) is 5.73. The quantitative estimate of drug-likeness (QED) is 0.593. The highest BCUT2D eigenvalue weighted by molar-refractivity contribution is 4.87. The van der Waals surface area contributed by atoms with Gasteiger partial charge in [0.2, 0.25) is 0 Å². The summed E-state index contributed by atoms with van der Waals surface area (Å²) in [5.41, 5.74) is 1.21. The van der Waals surface area contributed by atoms with E-state index in [4.69, 9.17) is 9.47 Å². The van der Waals surface area contributed by atoms with E-state index in [1.165, 1.54) is 18.4 Å². The van der Waals surface area contributed by atoms with E-state index in [9.17, 15) is 0 Å². The van der Waals surface area contributed by atoms with Crippen LogP contribution in [0, 0.1) is 0 Å². The van der Waals surface area contributed by atoms with E-state index in [-0.39, 0.29) is 6.10 Å². The number of allylic oxidation sites excluding steroid dienone is 1. The normalized spacial score (nSPS) is 24.3. The fourth-order valence-corrected chi connectivity index (χ4v) is 1.21. The molecule has 0 radical (unpaired) electrons. The molecule has 12 heavy (non-hydrogen) atoms. The van der Waals surface area contributed by atoms with Crippen LogP contribution in [0.2, 0.25) is 0 Å². The van der Waals surface area contributed by atoms with Crippen LogP contribution in [0.3, 0.4) is 0 Å². The summed E-state index contributed by atoms with van der Waals surface area (Å²) in [5, 5.41) is 0. The van der Waals surface area contributed by atoms with Crippen molar-refractivity contribution < 1.29 is 9.47 Å². The Labute approximate surface area is 74.6 Å². The Hall–Kier alpha value is -0.500. The predicted octanol–water partition coefficient (Wildman–Crippen LogP) is 2.50. The van der Waals surface area contributed by atoms with Crippen molar-refractivity contribution in [1.82, 2.24) is 0 Å². The van der Waals surface area contributed by atoms with Gasteiger partial charge in [0.05, 0.1) is 12.9 Å². The van der Waals surface area contributed by atoms with Gasteiger partial charge < -0.3 is 9.47 Å². The molecule has 2 heteroatoms. The average molecular weight is 170 g/mol. The molecule has 70 valence electrons. The second-order valence-corrected chi connectivity index (χ2v) is 3.52. The first-order valence-electron chi connectivity index (χ1n) is 4.65. The Morgan fingerprint density at radius 3 is 3.00 bits per heavy atom. The van der Waals surface area contributed by atoms with Crippen LogP contribution in [-0.4, -0.2) is 19.3 Å². The van der Waals surface area contributed by atoms with Crippen molar-refractivity contribution >= 4 is 0 Å². The molecule has 0 spiro atoms. The van der Waals surface area contributed by atoms with Crippen molar-refractivity contribution in [3.8, 4) is 0 Å². The first-order chi connectivity index (χ1) is 5.79. The second kappa shape index (κ2) is 5.20. The van der Waals surface area contributed by atoms with Crippen LogP contribution in [0.1, 0.15) is 33.1 Å². The topological polar surface area (TPSA) is 18.5 Å². The van der Waals surface area contributed by atoms with Gasteiger partial charge in [-0.1, -0.05) is 0 Å². The van der Waals surface area contributed by atoms with Crippen LogP contribution >= 0.6 is 0 Å². The van der Waals surface area contributed by atoms with Crippen molar-refractivity contribution in [2.24, 2.45) is 0 Å². The van der Waals surface area contributed by atoms with Crippen molar-refractivity contribution in [1.29, 1.82) is 0 Å². The lowest BCUT2D eigenvalue weighted by Crippen LogP contribution is -2.15. The van der Waals surface area contributed by atoms with E-state index in [0.717, 1.165) is 19.6 Å². The van der Waals surface area contributed by atoms with Gasteiger partial charge in [0.15, 0.2) is 0 Å². The van der Waals surface area contributed by atoms with E-state index in [0.29, 0.717) is 0 Å². The van der Waals surface area contributed by atoms with Gasteiger partial charge >= 0.3 is 0 Å². The van der Waals surface area contributed by atoms with Crippen LogP contribution in [0.4, 0.5) is 0 Å². The molecule has 1 fully saturated rings. The van der Waals surface area contributed by atoms with Crippen LogP contribution < -0.4 is 0 Å². The van der Waals surface area contributed by atoms with Gasteiger partial charge in [-0.05, 0) is 38.7 Å². The summed E-state index contributed by atoms with van der Waals surface area (Å²) in [7, 11) is 0. The molecule has 1 saturated heterocycles. The Morgan fingerprint density at radius 2 is 2.25 bits per heavy atom. The van der Waals surface area contributed by atoms with E-state index in [1.807, 2.05) is 20.1 Å². The summed E-state index contributed by atoms with van der Waals surface area (Å²) >= 11 is 0. The van der Waals surface area contributed by atoms with Crippen LogP contribution in [-0.2, 0) is 9.47 Å². The maximum atomic E-state index is 5.54. The third kappa shape index (κ3) is 3.77. The van der Waals surface area contributed by atoms with E-state index in [2.05, 4.69) is 0 Å². The van der Waals surface area contributed by atoms with E-state index < -0.39 is 0 Å². The maximum Gasteiger partial charge on any atom is 0.121 e. The first-order valence-corrected chi connectivity index (χ1v) is 4.65. The molecule has 0 aliphatic carbocycles. The van der Waals surface area contributed by atoms with Gasteiger partial charge in [-0.3, -0.25) is 0 Å². The van der Waals surface area contributed by atoms with Crippen LogP contribution in [0.15, 0.2) is 11.8 Å². The zero-order chi connectivity index (χ0) is 8.81. The molecule has 0 aromatic rings. The molecule has 1 aliphatic heterocycles. The van der Waals surface area contributed by atoms with Gasteiger partial charge in [-0.15, -0.1) is 0 Å². The van der Waals surface area contributed by atoms with Crippen molar-refractivity contribution in [2.75, 3.05) is 13.2 Å². The largest absolute Gasteiger partial charge is 0.496 e. The van der Waals surface area contributed by atoms with Gasteiger partial charge in [0.1, 0.15) is 6.10 Å². The van der Waals surface area contributed by atoms with Crippen molar-refractivity contribution in [3.05, 3.63) is 11.8 Å². The first kappa shape index (κ1) is 9.59. The number of ether oxygens (including phenoxy) is 2. The summed E-state index contributed by atoms with van der Waals surface area (Å²) in [5.74, 6) is 0. The SMILES string of the molecule is CC(C)=COC1CCCCOC1. The highest BCUT2D eigenvalue weighted by Gasteiger charge is 2.11. The highest BCUT2D eigenvalue weighted by Crippen LogP contribution is 2.11. The highest BCUT2D eigenvalue weighted by atomic mass is 16.5. The van der Waals surface area contributed by atoms with E-state index >= 15 is 0 Å². The minimum Gasteiger partial charge on any atom is -0.496 e. The van der Waals surface area contributed by atoms with Crippen molar-refractivity contribution in [2.45, 2.75) is 39.2 Å². The Kier molecular flexibility index (Phi) is 4.15. The molecule has 1 atom stereocenters. The molecule has 0 amide bonds. The summed E-state index contributed by atoms with van der Waals surface area (Å²) in [6, 6.07) is 0. The van der Waals surface area contributed by atoms with Gasteiger partial charge in [-0.2, -0.15) is 0 Å². The monoisotopic (exact) mass is 170 g/mol. The lowest BCUT2D eigenvalue weighted by Gasteiger charge is -2.13. The van der Waals surface area contributed by atoms with Crippen LogP contribution in [0.5, 0.6) is 0 Å². The van der Waals surface area contributed by atoms with Gasteiger partial charge in [-0.25, -0.2) is 0 Å². The molecule has 0 N–H and O–H groups in total. The molecule has 0 aromatic heterocycles. The molecule has 1 heterocycles. The second-order valence-electron chi connectivity index (χ2n) is 3.52. The summed E-state index contributed by atoms with van der Waals surface area (Å²) in [6.07, 6.45) is 5.64. The number of hydrogen-bond acceptors (Lipinski definition) is 2. The fraction of sp³-hybridized carbons (Fsp3) is 0.800. The van der Waals surface area contributed by atoms with Crippen LogP contribution in [0.25, 0.3) is 0 Å². The zero-order valence-corrected chi connectivity index (χ0v) is 8.01. The van der Waals surface area contributed by atoms with Gasteiger partial charge in [0.25, 0.3) is 0 Å². The minimum absolute atomic E-state index is 0.280. The third-order valence-electron chi connectivity index (χ3n) is 1.86. The molecule has 2 nitrogen and oxygen atoms in total. The maximum absolute atomic E-state index is 5.54. The third-order valence-corrected chi connectivity index (χ3v) is 1.86. The summed E-state index contributed by atoms with van der Waals surface area (Å²) < 4.78 is 10.9. The Bertz CT molecular complexity index is 140. The molecule has 1 unspecified atom stereocenters. The standard InChI is InChI=1S/C10H18O2/c1-9(2)7-12-10-5-3-4-6-11-8-10/h7,10H,3-6,8H2,1-2H3. The minimum atomic E-state index is 0.280.